The normalized spacial score (nSPS) is 18.5. The maximum absolute atomic E-state index is 12.3. The molecule has 0 unspecified atom stereocenters. The Bertz CT molecular complexity index is 810. The first kappa shape index (κ1) is 15.8. The van der Waals surface area contributed by atoms with Crippen molar-refractivity contribution in [1.82, 2.24) is 14.5 Å². The maximum atomic E-state index is 12.3. The first-order valence-corrected chi connectivity index (χ1v) is 10.3. The number of aromatic nitrogens is 2. The highest BCUT2D eigenvalue weighted by molar-refractivity contribution is 7.91. The molecule has 0 spiro atoms. The Kier molecular flexibility index (Phi) is 4.18. The van der Waals surface area contributed by atoms with Crippen LogP contribution in [0.4, 0.5) is 0 Å². The Hall–Kier alpha value is -1.66. The van der Waals surface area contributed by atoms with E-state index in [9.17, 15) is 8.42 Å². The van der Waals surface area contributed by atoms with Gasteiger partial charge in [0.1, 0.15) is 0 Å². The van der Waals surface area contributed by atoms with Crippen molar-refractivity contribution < 1.29 is 8.42 Å². The fourth-order valence-corrected chi connectivity index (χ4v) is 4.78. The molecule has 1 aliphatic carbocycles. The van der Waals surface area contributed by atoms with Gasteiger partial charge in [-0.2, -0.15) is 0 Å². The molecule has 1 aromatic heterocycles. The van der Waals surface area contributed by atoms with Gasteiger partial charge in [-0.25, -0.2) is 13.4 Å². The first-order chi connectivity index (χ1) is 11.6. The minimum Gasteiger partial charge on any atom is -0.331 e. The fourth-order valence-electron chi connectivity index (χ4n) is 3.47. The summed E-state index contributed by atoms with van der Waals surface area (Å²) >= 11 is 0. The van der Waals surface area contributed by atoms with Crippen LogP contribution < -0.4 is 0 Å². The van der Waals surface area contributed by atoms with Gasteiger partial charge < -0.3 is 4.57 Å². The summed E-state index contributed by atoms with van der Waals surface area (Å²) in [6, 6.07) is 9.42. The molecule has 24 heavy (non-hydrogen) atoms. The van der Waals surface area contributed by atoms with Crippen molar-refractivity contribution in [3.63, 3.8) is 0 Å². The number of fused-ring (bicyclic) bond motifs is 1. The van der Waals surface area contributed by atoms with Crippen LogP contribution in [0.1, 0.15) is 36.7 Å². The lowest BCUT2D eigenvalue weighted by atomic mass is 10.1. The number of imidazole rings is 1. The molecule has 2 aliphatic rings. The summed E-state index contributed by atoms with van der Waals surface area (Å²) in [5, 5.41) is 0. The summed E-state index contributed by atoms with van der Waals surface area (Å²) in [4.78, 5) is 7.33. The van der Waals surface area contributed by atoms with E-state index in [0.29, 0.717) is 17.4 Å². The van der Waals surface area contributed by atoms with Crippen LogP contribution in [-0.4, -0.2) is 41.7 Å². The molecule has 2 aromatic rings. The lowest BCUT2D eigenvalue weighted by Crippen LogP contribution is -2.33. The third kappa shape index (κ3) is 3.26. The van der Waals surface area contributed by atoms with E-state index in [4.69, 9.17) is 0 Å². The number of rotatable bonds is 6. The van der Waals surface area contributed by atoms with Crippen molar-refractivity contribution in [3.05, 3.63) is 48.0 Å². The van der Waals surface area contributed by atoms with Crippen molar-refractivity contribution in [3.8, 4) is 0 Å². The van der Waals surface area contributed by atoms with Crippen molar-refractivity contribution >= 4 is 9.84 Å². The predicted octanol–water partition coefficient (Wildman–Crippen LogP) is 2.44. The molecule has 1 saturated carbocycles. The molecule has 0 atom stereocenters. The molecule has 0 saturated heterocycles. The molecule has 1 aliphatic heterocycles. The number of hydrogen-bond acceptors (Lipinski definition) is 4. The van der Waals surface area contributed by atoms with Gasteiger partial charge in [0.25, 0.3) is 0 Å². The highest BCUT2D eigenvalue weighted by Gasteiger charge is 2.29. The smallest absolute Gasteiger partial charge is 0.178 e. The fraction of sp³-hybridized carbons (Fsp3) is 0.500. The highest BCUT2D eigenvalue weighted by atomic mass is 32.2. The van der Waals surface area contributed by atoms with E-state index in [2.05, 4.69) is 14.5 Å². The quantitative estimate of drug-likeness (QED) is 0.807. The van der Waals surface area contributed by atoms with Gasteiger partial charge in [-0.3, -0.25) is 4.90 Å². The molecule has 1 aromatic carbocycles. The van der Waals surface area contributed by atoms with Gasteiger partial charge in [0.2, 0.25) is 0 Å². The zero-order valence-corrected chi connectivity index (χ0v) is 14.6. The minimum absolute atomic E-state index is 0.205. The van der Waals surface area contributed by atoms with E-state index >= 15 is 0 Å². The van der Waals surface area contributed by atoms with Gasteiger partial charge in [0, 0.05) is 31.2 Å². The Balaban J connectivity index is 1.32. The zero-order valence-electron chi connectivity index (χ0n) is 13.8. The number of sulfone groups is 1. The van der Waals surface area contributed by atoms with E-state index in [-0.39, 0.29) is 5.75 Å². The Morgan fingerprint density at radius 1 is 1.17 bits per heavy atom. The molecule has 128 valence electrons. The maximum Gasteiger partial charge on any atom is 0.178 e. The summed E-state index contributed by atoms with van der Waals surface area (Å²) in [6.07, 6.45) is 6.24. The lowest BCUT2D eigenvalue weighted by molar-refractivity contribution is 0.249. The molecule has 1 fully saturated rings. The van der Waals surface area contributed by atoms with E-state index in [1.54, 1.807) is 24.3 Å². The number of nitrogens with zero attached hydrogens (tertiary/aromatic N) is 3. The molecular formula is C18H23N3O2S. The first-order valence-electron chi connectivity index (χ1n) is 8.68. The van der Waals surface area contributed by atoms with Gasteiger partial charge in [-0.05, 0) is 37.9 Å². The molecular weight excluding hydrogens is 322 g/mol. The standard InChI is InChI=1S/C18H23N3O2S/c22-24(23,16-5-2-1-3-6-16)12-4-10-20-11-9-18-17(13-20)19-14-21(18)15-7-8-15/h1-3,5-6,14-15H,4,7-13H2. The number of benzene rings is 1. The van der Waals surface area contributed by atoms with Gasteiger partial charge in [0.15, 0.2) is 9.84 Å². The van der Waals surface area contributed by atoms with E-state index in [1.165, 1.54) is 24.2 Å². The van der Waals surface area contributed by atoms with Crippen LogP contribution in [-0.2, 0) is 22.8 Å². The van der Waals surface area contributed by atoms with E-state index in [1.807, 2.05) is 12.4 Å². The summed E-state index contributed by atoms with van der Waals surface area (Å²) in [7, 11) is -3.17. The summed E-state index contributed by atoms with van der Waals surface area (Å²) in [5.41, 5.74) is 2.57. The van der Waals surface area contributed by atoms with Crippen LogP contribution in [0, 0.1) is 0 Å². The van der Waals surface area contributed by atoms with Gasteiger partial charge in [-0.15, -0.1) is 0 Å². The van der Waals surface area contributed by atoms with Crippen LogP contribution >= 0.6 is 0 Å². The Labute approximate surface area is 143 Å². The van der Waals surface area contributed by atoms with Crippen LogP contribution in [0.15, 0.2) is 41.6 Å². The van der Waals surface area contributed by atoms with Crippen LogP contribution in [0.2, 0.25) is 0 Å². The molecule has 5 nitrogen and oxygen atoms in total. The average molecular weight is 345 g/mol. The van der Waals surface area contributed by atoms with Crippen molar-refractivity contribution in [1.29, 1.82) is 0 Å². The largest absolute Gasteiger partial charge is 0.331 e. The van der Waals surface area contributed by atoms with Crippen molar-refractivity contribution in [2.45, 2.75) is 43.2 Å². The SMILES string of the molecule is O=S(=O)(CCCN1CCc2c(ncn2C2CC2)C1)c1ccccc1. The predicted molar refractivity (Wildman–Crippen MR) is 92.6 cm³/mol. The summed E-state index contributed by atoms with van der Waals surface area (Å²) in [6.45, 7) is 2.65. The lowest BCUT2D eigenvalue weighted by Gasteiger charge is -2.27. The second-order valence-electron chi connectivity index (χ2n) is 6.79. The molecule has 6 heteroatoms. The molecule has 0 radical (unpaired) electrons. The van der Waals surface area contributed by atoms with Gasteiger partial charge in [0.05, 0.1) is 22.7 Å². The third-order valence-electron chi connectivity index (χ3n) is 4.95. The third-order valence-corrected chi connectivity index (χ3v) is 6.77. The zero-order chi connectivity index (χ0) is 16.6. The van der Waals surface area contributed by atoms with Crippen molar-refractivity contribution in [2.75, 3.05) is 18.8 Å². The van der Waals surface area contributed by atoms with Crippen LogP contribution in [0.25, 0.3) is 0 Å². The van der Waals surface area contributed by atoms with E-state index < -0.39 is 9.84 Å². The Morgan fingerprint density at radius 3 is 2.71 bits per heavy atom. The van der Waals surface area contributed by atoms with Crippen molar-refractivity contribution in [2.24, 2.45) is 0 Å². The monoisotopic (exact) mass is 345 g/mol. The number of hydrogen-bond donors (Lipinski definition) is 0. The molecule has 0 N–H and O–H groups in total. The second kappa shape index (κ2) is 6.33. The minimum atomic E-state index is -3.17. The van der Waals surface area contributed by atoms with Gasteiger partial charge in [-0.1, -0.05) is 18.2 Å². The average Bonchev–Trinajstić information content (AvgIpc) is 3.35. The molecule has 0 amide bonds. The topological polar surface area (TPSA) is 55.2 Å². The highest BCUT2D eigenvalue weighted by Crippen LogP contribution is 2.37. The molecule has 4 rings (SSSR count). The summed E-state index contributed by atoms with van der Waals surface area (Å²) < 4.78 is 27.0. The second-order valence-corrected chi connectivity index (χ2v) is 8.90. The molecule has 2 heterocycles. The van der Waals surface area contributed by atoms with Gasteiger partial charge >= 0.3 is 0 Å². The van der Waals surface area contributed by atoms with Crippen LogP contribution in [0.3, 0.4) is 0 Å². The van der Waals surface area contributed by atoms with E-state index in [0.717, 1.165) is 26.1 Å². The molecule has 0 bridgehead atoms. The Morgan fingerprint density at radius 2 is 1.96 bits per heavy atom. The van der Waals surface area contributed by atoms with Crippen LogP contribution in [0.5, 0.6) is 0 Å². The summed E-state index contributed by atoms with van der Waals surface area (Å²) in [5.74, 6) is 0.205.